The van der Waals surface area contributed by atoms with E-state index in [1.165, 1.54) is 0 Å². The van der Waals surface area contributed by atoms with Crippen molar-refractivity contribution in [2.24, 2.45) is 0 Å². The molecule has 4 heteroatoms. The molecule has 2 rings (SSSR count). The maximum atomic E-state index is 5.62. The maximum Gasteiger partial charge on any atom is 0.155 e. The average molecular weight is 174 g/mol. The van der Waals surface area contributed by atoms with Gasteiger partial charge in [-0.05, 0) is 18.6 Å². The third-order valence-corrected chi connectivity index (χ3v) is 1.72. The smallest absolute Gasteiger partial charge is 0.155 e. The van der Waals surface area contributed by atoms with E-state index in [2.05, 4.69) is 10.1 Å². The van der Waals surface area contributed by atoms with Gasteiger partial charge in [0, 0.05) is 24.1 Å². The molecule has 2 aromatic rings. The van der Waals surface area contributed by atoms with E-state index in [4.69, 9.17) is 5.73 Å². The van der Waals surface area contributed by atoms with Crippen molar-refractivity contribution in [3.8, 4) is 5.82 Å². The summed E-state index contributed by atoms with van der Waals surface area (Å²) >= 11 is 0. The van der Waals surface area contributed by atoms with Gasteiger partial charge < -0.3 is 5.73 Å². The van der Waals surface area contributed by atoms with Crippen LogP contribution in [0.25, 0.3) is 5.82 Å². The molecule has 2 N–H and O–H groups in total. The lowest BCUT2D eigenvalue weighted by Gasteiger charge is -1.99. The van der Waals surface area contributed by atoms with E-state index in [0.29, 0.717) is 5.69 Å². The Hall–Kier alpha value is -1.84. The Balaban J connectivity index is 2.46. The zero-order chi connectivity index (χ0) is 9.26. The summed E-state index contributed by atoms with van der Waals surface area (Å²) in [6.45, 7) is 1.98. The van der Waals surface area contributed by atoms with Crippen LogP contribution in [0.1, 0.15) is 5.56 Å². The predicted molar refractivity (Wildman–Crippen MR) is 50.5 cm³/mol. The highest BCUT2D eigenvalue weighted by Gasteiger charge is 1.98. The van der Waals surface area contributed by atoms with E-state index < -0.39 is 0 Å². The monoisotopic (exact) mass is 174 g/mol. The molecule has 4 nitrogen and oxygen atoms in total. The molecule has 0 saturated heterocycles. The fourth-order valence-electron chi connectivity index (χ4n) is 1.10. The van der Waals surface area contributed by atoms with Crippen LogP contribution in [-0.4, -0.2) is 14.8 Å². The molecule has 0 bridgehead atoms. The summed E-state index contributed by atoms with van der Waals surface area (Å²) in [4.78, 5) is 4.14. The molecule has 13 heavy (non-hydrogen) atoms. The number of nitrogens with two attached hydrogens (primary N) is 1. The second-order valence-electron chi connectivity index (χ2n) is 2.91. The van der Waals surface area contributed by atoms with Crippen LogP contribution in [0.5, 0.6) is 0 Å². The predicted octanol–water partition coefficient (Wildman–Crippen LogP) is 1.16. The molecule has 0 aliphatic carbocycles. The van der Waals surface area contributed by atoms with Crippen molar-refractivity contribution in [3.05, 3.63) is 36.3 Å². The van der Waals surface area contributed by atoms with Crippen LogP contribution >= 0.6 is 0 Å². The van der Waals surface area contributed by atoms with Crippen LogP contribution < -0.4 is 5.73 Å². The number of aromatic nitrogens is 3. The summed E-state index contributed by atoms with van der Waals surface area (Å²) in [5.74, 6) is 0.744. The van der Waals surface area contributed by atoms with E-state index >= 15 is 0 Å². The van der Waals surface area contributed by atoms with Gasteiger partial charge in [0.2, 0.25) is 0 Å². The highest BCUT2D eigenvalue weighted by molar-refractivity contribution is 5.42. The molecular formula is C9H10N4. The molecule has 0 radical (unpaired) electrons. The molecule has 66 valence electrons. The van der Waals surface area contributed by atoms with Gasteiger partial charge in [0.15, 0.2) is 5.82 Å². The fourth-order valence-corrected chi connectivity index (χ4v) is 1.10. The molecule has 2 aromatic heterocycles. The maximum absolute atomic E-state index is 5.62. The van der Waals surface area contributed by atoms with Crippen LogP contribution in [-0.2, 0) is 0 Å². The second kappa shape index (κ2) is 2.90. The van der Waals surface area contributed by atoms with E-state index in [1.807, 2.05) is 13.1 Å². The molecule has 0 aliphatic rings. The summed E-state index contributed by atoms with van der Waals surface area (Å²) < 4.78 is 1.70. The molecule has 0 saturated carbocycles. The minimum Gasteiger partial charge on any atom is -0.399 e. The lowest BCUT2D eigenvalue weighted by molar-refractivity contribution is 0.847. The van der Waals surface area contributed by atoms with Gasteiger partial charge in [0.1, 0.15) is 0 Å². The quantitative estimate of drug-likeness (QED) is 0.705. The van der Waals surface area contributed by atoms with Gasteiger partial charge in [0.05, 0.1) is 6.20 Å². The molecule has 0 amide bonds. The van der Waals surface area contributed by atoms with Gasteiger partial charge in [0.25, 0.3) is 0 Å². The first-order valence-corrected chi connectivity index (χ1v) is 3.99. The molecule has 0 atom stereocenters. The van der Waals surface area contributed by atoms with E-state index in [9.17, 15) is 0 Å². The topological polar surface area (TPSA) is 56.7 Å². The van der Waals surface area contributed by atoms with Crippen molar-refractivity contribution in [1.82, 2.24) is 14.8 Å². The van der Waals surface area contributed by atoms with Gasteiger partial charge in [-0.3, -0.25) is 0 Å². The van der Waals surface area contributed by atoms with Crippen molar-refractivity contribution < 1.29 is 0 Å². The third kappa shape index (κ3) is 1.51. The van der Waals surface area contributed by atoms with Crippen LogP contribution in [0, 0.1) is 6.92 Å². The van der Waals surface area contributed by atoms with Gasteiger partial charge in [-0.25, -0.2) is 9.67 Å². The van der Waals surface area contributed by atoms with Gasteiger partial charge in [-0.15, -0.1) is 0 Å². The average Bonchev–Trinajstić information content (AvgIpc) is 2.52. The summed E-state index contributed by atoms with van der Waals surface area (Å²) in [5, 5.41) is 4.13. The van der Waals surface area contributed by atoms with Crippen molar-refractivity contribution in [2.75, 3.05) is 5.73 Å². The Bertz CT molecular complexity index is 419. The normalized spacial score (nSPS) is 10.2. The molecule has 0 aliphatic heterocycles. The SMILES string of the molecule is Cc1cnn(-c2cc(N)ccn2)c1. The minimum atomic E-state index is 0.693. The Labute approximate surface area is 76.0 Å². The van der Waals surface area contributed by atoms with Gasteiger partial charge in [-0.1, -0.05) is 0 Å². The van der Waals surface area contributed by atoms with Crippen molar-refractivity contribution in [3.63, 3.8) is 0 Å². The van der Waals surface area contributed by atoms with E-state index in [0.717, 1.165) is 11.4 Å². The number of rotatable bonds is 1. The molecule has 2 heterocycles. The van der Waals surface area contributed by atoms with Crippen LogP contribution in [0.2, 0.25) is 0 Å². The van der Waals surface area contributed by atoms with Gasteiger partial charge >= 0.3 is 0 Å². The number of anilines is 1. The lowest BCUT2D eigenvalue weighted by atomic mass is 10.4. The lowest BCUT2D eigenvalue weighted by Crippen LogP contribution is -1.98. The van der Waals surface area contributed by atoms with E-state index in [1.54, 1.807) is 29.2 Å². The third-order valence-electron chi connectivity index (χ3n) is 1.72. The number of aryl methyl sites for hydroxylation is 1. The van der Waals surface area contributed by atoms with Crippen molar-refractivity contribution in [1.29, 1.82) is 0 Å². The van der Waals surface area contributed by atoms with Crippen molar-refractivity contribution >= 4 is 5.69 Å². The number of nitrogen functional groups attached to an aromatic ring is 1. The van der Waals surface area contributed by atoms with Gasteiger partial charge in [-0.2, -0.15) is 5.10 Å². The number of pyridine rings is 1. The highest BCUT2D eigenvalue weighted by Crippen LogP contribution is 2.08. The molecule has 0 fully saturated rings. The zero-order valence-corrected chi connectivity index (χ0v) is 7.31. The summed E-state index contributed by atoms with van der Waals surface area (Å²) in [6, 6.07) is 3.53. The number of nitrogens with zero attached hydrogens (tertiary/aromatic N) is 3. The van der Waals surface area contributed by atoms with Crippen LogP contribution in [0.15, 0.2) is 30.7 Å². The molecular weight excluding hydrogens is 164 g/mol. The largest absolute Gasteiger partial charge is 0.399 e. The standard InChI is InChI=1S/C9H10N4/c1-7-5-12-13(6-7)9-4-8(10)2-3-11-9/h2-6H,1H3,(H2,10,11). The second-order valence-corrected chi connectivity index (χ2v) is 2.91. The summed E-state index contributed by atoms with van der Waals surface area (Å²) in [7, 11) is 0. The Morgan fingerprint density at radius 3 is 2.92 bits per heavy atom. The molecule has 0 aromatic carbocycles. The first kappa shape index (κ1) is 7.79. The Morgan fingerprint density at radius 2 is 2.31 bits per heavy atom. The number of hydrogen-bond acceptors (Lipinski definition) is 3. The molecule has 0 spiro atoms. The fraction of sp³-hybridized carbons (Fsp3) is 0.111. The minimum absolute atomic E-state index is 0.693. The van der Waals surface area contributed by atoms with E-state index in [-0.39, 0.29) is 0 Å². The van der Waals surface area contributed by atoms with Crippen LogP contribution in [0.4, 0.5) is 5.69 Å². The number of hydrogen-bond donors (Lipinski definition) is 1. The van der Waals surface area contributed by atoms with Crippen molar-refractivity contribution in [2.45, 2.75) is 6.92 Å². The summed E-state index contributed by atoms with van der Waals surface area (Å²) in [6.07, 6.45) is 5.36. The Kier molecular flexibility index (Phi) is 1.73. The Morgan fingerprint density at radius 1 is 1.46 bits per heavy atom. The first-order chi connectivity index (χ1) is 6.25. The van der Waals surface area contributed by atoms with Crippen LogP contribution in [0.3, 0.4) is 0 Å². The zero-order valence-electron chi connectivity index (χ0n) is 7.31. The highest BCUT2D eigenvalue weighted by atomic mass is 15.3. The first-order valence-electron chi connectivity index (χ1n) is 3.99. The summed E-state index contributed by atoms with van der Waals surface area (Å²) in [5.41, 5.74) is 7.42. The molecule has 0 unspecified atom stereocenters.